The Labute approximate surface area is 111 Å². The molecule has 0 bridgehead atoms. The number of hydrogen-bond donors (Lipinski definition) is 2. The van der Waals surface area contributed by atoms with Crippen LogP contribution in [0.2, 0.25) is 0 Å². The third-order valence-electron chi connectivity index (χ3n) is 3.26. The number of amides is 1. The van der Waals surface area contributed by atoms with Gasteiger partial charge in [-0.1, -0.05) is 13.8 Å². The molecule has 0 heterocycles. The summed E-state index contributed by atoms with van der Waals surface area (Å²) in [5, 5.41) is 3.01. The Morgan fingerprint density at radius 2 is 2.06 bits per heavy atom. The largest absolute Gasteiger partial charge is 0.383 e. The molecule has 0 aromatic rings. The zero-order chi connectivity index (χ0) is 14.2. The molecule has 5 nitrogen and oxygen atoms in total. The summed E-state index contributed by atoms with van der Waals surface area (Å²) in [4.78, 5) is 13.7. The molecule has 0 radical (unpaired) electrons. The summed E-state index contributed by atoms with van der Waals surface area (Å²) in [6.45, 7) is 9.64. The molecule has 5 heteroatoms. The summed E-state index contributed by atoms with van der Waals surface area (Å²) in [5.74, 6) is 0.289. The average molecular weight is 259 g/mol. The van der Waals surface area contributed by atoms with E-state index >= 15 is 0 Å². The van der Waals surface area contributed by atoms with Gasteiger partial charge >= 0.3 is 0 Å². The smallest absolute Gasteiger partial charge is 0.237 e. The van der Waals surface area contributed by atoms with Gasteiger partial charge < -0.3 is 20.7 Å². The van der Waals surface area contributed by atoms with Gasteiger partial charge in [0.2, 0.25) is 5.91 Å². The van der Waals surface area contributed by atoms with E-state index in [4.69, 9.17) is 10.5 Å². The molecule has 0 aromatic heterocycles. The van der Waals surface area contributed by atoms with Crippen LogP contribution in [0.25, 0.3) is 0 Å². The fraction of sp³-hybridized carbons (Fsp3) is 0.923. The first-order chi connectivity index (χ1) is 8.35. The minimum atomic E-state index is -0.637. The van der Waals surface area contributed by atoms with Crippen molar-refractivity contribution in [2.75, 3.05) is 40.4 Å². The first-order valence-electron chi connectivity index (χ1n) is 6.55. The molecule has 0 aliphatic heterocycles. The van der Waals surface area contributed by atoms with Crippen molar-refractivity contribution in [3.05, 3.63) is 0 Å². The summed E-state index contributed by atoms with van der Waals surface area (Å²) < 4.78 is 5.11. The number of nitrogens with two attached hydrogens (primary N) is 1. The first-order valence-corrected chi connectivity index (χ1v) is 6.55. The Kier molecular flexibility index (Phi) is 8.15. The second-order valence-electron chi connectivity index (χ2n) is 5.38. The maximum atomic E-state index is 11.4. The van der Waals surface area contributed by atoms with Gasteiger partial charge in [-0.05, 0) is 26.3 Å². The highest BCUT2D eigenvalue weighted by Gasteiger charge is 2.29. The van der Waals surface area contributed by atoms with E-state index in [-0.39, 0.29) is 5.91 Å². The molecule has 0 rings (SSSR count). The summed E-state index contributed by atoms with van der Waals surface area (Å²) in [5.41, 5.74) is 4.79. The normalized spacial score (nSPS) is 15.1. The molecule has 0 aliphatic rings. The lowest BCUT2D eigenvalue weighted by Crippen LogP contribution is -2.53. The number of carbonyl (C=O) groups is 1. The summed E-state index contributed by atoms with van der Waals surface area (Å²) >= 11 is 0. The van der Waals surface area contributed by atoms with Crippen LogP contribution in [0, 0.1) is 5.92 Å². The number of nitrogens with zero attached hydrogens (tertiary/aromatic N) is 1. The minimum Gasteiger partial charge on any atom is -0.383 e. The Morgan fingerprint density at radius 1 is 1.44 bits per heavy atom. The van der Waals surface area contributed by atoms with Gasteiger partial charge in [0.05, 0.1) is 12.1 Å². The summed E-state index contributed by atoms with van der Waals surface area (Å²) in [6, 6.07) is 0. The van der Waals surface area contributed by atoms with Crippen molar-refractivity contribution in [2.45, 2.75) is 32.7 Å². The van der Waals surface area contributed by atoms with Crippen LogP contribution in [0.5, 0.6) is 0 Å². The standard InChI is InChI=1S/C13H29N3O2/c1-11(2)10-16(8-9-18-5)7-6-13(3,15-4)12(14)17/h11,15H,6-10H2,1-5H3,(H2,14,17). The van der Waals surface area contributed by atoms with Crippen LogP contribution >= 0.6 is 0 Å². The second kappa shape index (κ2) is 8.45. The number of hydrogen-bond acceptors (Lipinski definition) is 4. The van der Waals surface area contributed by atoms with E-state index in [0.29, 0.717) is 18.9 Å². The number of ether oxygens (including phenoxy) is 1. The predicted octanol–water partition coefficient (Wildman–Crippen LogP) is 0.444. The maximum absolute atomic E-state index is 11.4. The lowest BCUT2D eigenvalue weighted by molar-refractivity contribution is -0.124. The van der Waals surface area contributed by atoms with Gasteiger partial charge in [0.15, 0.2) is 0 Å². The van der Waals surface area contributed by atoms with Crippen LogP contribution in [0.3, 0.4) is 0 Å². The highest BCUT2D eigenvalue weighted by Crippen LogP contribution is 2.10. The monoisotopic (exact) mass is 259 g/mol. The van der Waals surface area contributed by atoms with E-state index in [1.807, 2.05) is 6.92 Å². The van der Waals surface area contributed by atoms with Crippen LogP contribution in [-0.2, 0) is 9.53 Å². The second-order valence-corrected chi connectivity index (χ2v) is 5.38. The third-order valence-corrected chi connectivity index (χ3v) is 3.26. The van der Waals surface area contributed by atoms with Crippen molar-refractivity contribution in [1.29, 1.82) is 0 Å². The van der Waals surface area contributed by atoms with E-state index in [9.17, 15) is 4.79 Å². The van der Waals surface area contributed by atoms with Crippen LogP contribution in [0.4, 0.5) is 0 Å². The van der Waals surface area contributed by atoms with Gasteiger partial charge in [-0.25, -0.2) is 0 Å². The lowest BCUT2D eigenvalue weighted by atomic mass is 9.97. The molecule has 18 heavy (non-hydrogen) atoms. The molecule has 0 saturated carbocycles. The number of likely N-dealkylation sites (N-methyl/N-ethyl adjacent to an activating group) is 1. The van der Waals surface area contributed by atoms with Crippen molar-refractivity contribution in [3.8, 4) is 0 Å². The predicted molar refractivity (Wildman–Crippen MR) is 74.4 cm³/mol. The van der Waals surface area contributed by atoms with E-state index in [1.165, 1.54) is 0 Å². The minimum absolute atomic E-state index is 0.304. The number of rotatable bonds is 10. The highest BCUT2D eigenvalue weighted by molar-refractivity contribution is 5.84. The van der Waals surface area contributed by atoms with E-state index in [2.05, 4.69) is 24.1 Å². The van der Waals surface area contributed by atoms with Crippen molar-refractivity contribution in [3.63, 3.8) is 0 Å². The number of primary amides is 1. The number of carbonyl (C=O) groups excluding carboxylic acids is 1. The molecule has 0 aromatic carbocycles. The molecule has 0 saturated heterocycles. The van der Waals surface area contributed by atoms with Crippen molar-refractivity contribution < 1.29 is 9.53 Å². The van der Waals surface area contributed by atoms with Gasteiger partial charge in [-0.2, -0.15) is 0 Å². The van der Waals surface area contributed by atoms with Crippen LogP contribution in [-0.4, -0.2) is 56.7 Å². The Hall–Kier alpha value is -0.650. The Balaban J connectivity index is 4.34. The number of nitrogens with one attached hydrogen (secondary N) is 1. The van der Waals surface area contributed by atoms with Gasteiger partial charge in [0.1, 0.15) is 0 Å². The zero-order valence-electron chi connectivity index (χ0n) is 12.5. The zero-order valence-corrected chi connectivity index (χ0v) is 12.5. The quantitative estimate of drug-likeness (QED) is 0.597. The summed E-state index contributed by atoms with van der Waals surface area (Å²) in [6.07, 6.45) is 0.704. The highest BCUT2D eigenvalue weighted by atomic mass is 16.5. The van der Waals surface area contributed by atoms with Crippen LogP contribution in [0.1, 0.15) is 27.2 Å². The molecule has 0 spiro atoms. The van der Waals surface area contributed by atoms with E-state index in [1.54, 1.807) is 14.2 Å². The Morgan fingerprint density at radius 3 is 2.44 bits per heavy atom. The molecule has 1 unspecified atom stereocenters. The van der Waals surface area contributed by atoms with E-state index < -0.39 is 5.54 Å². The van der Waals surface area contributed by atoms with Crippen LogP contribution < -0.4 is 11.1 Å². The summed E-state index contributed by atoms with van der Waals surface area (Å²) in [7, 11) is 3.47. The Bertz CT molecular complexity index is 246. The van der Waals surface area contributed by atoms with Gasteiger partial charge in [-0.15, -0.1) is 0 Å². The maximum Gasteiger partial charge on any atom is 0.237 e. The molecule has 0 aliphatic carbocycles. The first kappa shape index (κ1) is 17.4. The van der Waals surface area contributed by atoms with E-state index in [0.717, 1.165) is 19.6 Å². The van der Waals surface area contributed by atoms with Crippen LogP contribution in [0.15, 0.2) is 0 Å². The van der Waals surface area contributed by atoms with Gasteiger partial charge in [-0.3, -0.25) is 4.79 Å². The van der Waals surface area contributed by atoms with Crippen molar-refractivity contribution in [1.82, 2.24) is 10.2 Å². The topological polar surface area (TPSA) is 67.6 Å². The van der Waals surface area contributed by atoms with Gasteiger partial charge in [0.25, 0.3) is 0 Å². The molecule has 1 amide bonds. The van der Waals surface area contributed by atoms with Crippen molar-refractivity contribution in [2.24, 2.45) is 11.7 Å². The molecule has 3 N–H and O–H groups in total. The molecule has 1 atom stereocenters. The molecular weight excluding hydrogens is 230 g/mol. The average Bonchev–Trinajstić information content (AvgIpc) is 2.31. The number of methoxy groups -OCH3 is 1. The molecular formula is C13H29N3O2. The lowest BCUT2D eigenvalue weighted by Gasteiger charge is -2.30. The van der Waals surface area contributed by atoms with Crippen molar-refractivity contribution >= 4 is 5.91 Å². The third kappa shape index (κ3) is 6.33. The molecule has 108 valence electrons. The molecule has 0 fully saturated rings. The van der Waals surface area contributed by atoms with Gasteiger partial charge in [0, 0.05) is 26.7 Å². The fourth-order valence-corrected chi connectivity index (χ4v) is 1.78. The fourth-order valence-electron chi connectivity index (χ4n) is 1.78. The SMILES string of the molecule is CNC(C)(CCN(CCOC)CC(C)C)C(N)=O.